The number of amides is 1. The average molecular weight is 476 g/mol. The van der Waals surface area contributed by atoms with Crippen LogP contribution in [0.1, 0.15) is 39.2 Å². The molecule has 1 fully saturated rings. The molecule has 0 bridgehead atoms. The molecule has 4 aromatic heterocycles. The lowest BCUT2D eigenvalue weighted by Crippen LogP contribution is -2.50. The molecule has 0 aliphatic carbocycles. The Morgan fingerprint density at radius 1 is 1.14 bits per heavy atom. The largest absolute Gasteiger partial charge is 0.353 e. The van der Waals surface area contributed by atoms with Crippen molar-refractivity contribution in [1.29, 1.82) is 0 Å². The second-order valence-electron chi connectivity index (χ2n) is 9.87. The summed E-state index contributed by atoms with van der Waals surface area (Å²) in [5.74, 6) is 0.637. The number of hydrogen-bond donors (Lipinski definition) is 1. The molecule has 1 aliphatic rings. The molecule has 184 valence electrons. The maximum atomic E-state index is 12.7. The van der Waals surface area contributed by atoms with Crippen LogP contribution in [0.25, 0.3) is 27.8 Å². The first-order valence-corrected chi connectivity index (χ1v) is 12.2. The molecule has 0 spiro atoms. The second-order valence-corrected chi connectivity index (χ2v) is 9.87. The maximum absolute atomic E-state index is 12.7. The van der Waals surface area contributed by atoms with Gasteiger partial charge in [-0.05, 0) is 63.2 Å². The molecular formula is C27H35N7O. The molecule has 5 heterocycles. The Bertz CT molecular complexity index is 1480. The van der Waals surface area contributed by atoms with Crippen LogP contribution in [0.5, 0.6) is 0 Å². The molecule has 8 nitrogen and oxygen atoms in total. The molecule has 8 heteroatoms. The molecule has 4 aromatic rings. The molecule has 1 aliphatic heterocycles. The Morgan fingerprint density at radius 2 is 1.89 bits per heavy atom. The monoisotopic (exact) mass is 475 g/mol. The van der Waals surface area contributed by atoms with Crippen molar-refractivity contribution in [3.63, 3.8) is 0 Å². The molecular weight excluding hydrogens is 438 g/mol. The number of hydrogen-bond acceptors (Lipinski definition) is 5. The molecule has 0 aromatic carbocycles. The molecule has 0 radical (unpaired) electrons. The highest BCUT2D eigenvalue weighted by atomic mass is 16.2. The van der Waals surface area contributed by atoms with Gasteiger partial charge in [0.2, 0.25) is 5.91 Å². The Labute approximate surface area is 209 Å². The Kier molecular flexibility index (Phi) is 5.38. The highest BCUT2D eigenvalue weighted by molar-refractivity contribution is 5.90. The van der Waals surface area contributed by atoms with Gasteiger partial charge in [0.25, 0.3) is 0 Å². The van der Waals surface area contributed by atoms with Crippen molar-refractivity contribution < 1.29 is 7.54 Å². The Morgan fingerprint density at radius 3 is 2.57 bits per heavy atom. The van der Waals surface area contributed by atoms with Crippen LogP contribution in [0.3, 0.4) is 0 Å². The first-order valence-electron chi connectivity index (χ1n) is 13.2. The molecule has 0 atom stereocenters. The topological polar surface area (TPSA) is 72.8 Å². The average Bonchev–Trinajstić information content (AvgIpc) is 3.50. The van der Waals surface area contributed by atoms with Gasteiger partial charge in [0.1, 0.15) is 5.82 Å². The first kappa shape index (κ1) is 20.9. The van der Waals surface area contributed by atoms with E-state index in [1.807, 2.05) is 22.8 Å². The van der Waals surface area contributed by atoms with Crippen molar-refractivity contribution in [2.45, 2.75) is 33.6 Å². The number of carbonyl (C=O) groups excluding carboxylic acids is 1. The molecule has 1 N–H and O–H groups in total. The van der Waals surface area contributed by atoms with Gasteiger partial charge in [0, 0.05) is 49.7 Å². The van der Waals surface area contributed by atoms with E-state index in [4.69, 9.17) is 7.73 Å². The number of aromatic nitrogens is 4. The number of aryl methyl sites for hydroxylation is 1. The summed E-state index contributed by atoms with van der Waals surface area (Å²) < 4.78 is 18.1. The third kappa shape index (κ3) is 4.16. The first-order chi connectivity index (χ1) is 17.5. The lowest BCUT2D eigenvalue weighted by atomic mass is 9.95. The zero-order valence-corrected chi connectivity index (χ0v) is 21.4. The number of pyridine rings is 2. The number of nitrogens with one attached hydrogen (secondary N) is 1. The molecule has 0 unspecified atom stereocenters. The zero-order chi connectivity index (χ0) is 26.6. The van der Waals surface area contributed by atoms with Crippen LogP contribution in [-0.2, 0) is 4.79 Å². The third-order valence-electron chi connectivity index (χ3n) is 6.99. The molecule has 1 amide bonds. The summed E-state index contributed by atoms with van der Waals surface area (Å²) in [5.41, 5.74) is 8.88. The van der Waals surface area contributed by atoms with Crippen molar-refractivity contribution >= 4 is 28.3 Å². The van der Waals surface area contributed by atoms with Crippen LogP contribution >= 0.6 is 0 Å². The summed E-state index contributed by atoms with van der Waals surface area (Å²) in [4.78, 5) is 26.6. The van der Waals surface area contributed by atoms with Crippen LogP contribution in [0.4, 0.5) is 5.82 Å². The quantitative estimate of drug-likeness (QED) is 0.475. The zero-order valence-electron chi connectivity index (χ0n) is 23.4. The SMILES string of the molecule is [2H]C([2H])(C(=O)N1CCN(c2ccc3[nH]c(-c4cn5nccc5c(C)c4C)c(C(C)C)c3n2)CC1)N(C)C. The summed E-state index contributed by atoms with van der Waals surface area (Å²) in [7, 11) is 3.17. The van der Waals surface area contributed by atoms with Gasteiger partial charge in [0.15, 0.2) is 0 Å². The number of fused-ring (bicyclic) bond motifs is 2. The number of nitrogens with zero attached hydrogens (tertiary/aromatic N) is 6. The lowest BCUT2D eigenvalue weighted by Gasteiger charge is -2.36. The van der Waals surface area contributed by atoms with Crippen LogP contribution in [-0.4, -0.2) is 82.1 Å². The lowest BCUT2D eigenvalue weighted by molar-refractivity contribution is -0.132. The number of piperazine rings is 1. The van der Waals surface area contributed by atoms with Gasteiger partial charge in [-0.25, -0.2) is 9.50 Å². The minimum Gasteiger partial charge on any atom is -0.353 e. The Hall–Kier alpha value is -3.39. The fourth-order valence-corrected chi connectivity index (χ4v) is 5.01. The third-order valence-corrected chi connectivity index (χ3v) is 6.99. The predicted octanol–water partition coefficient (Wildman–Crippen LogP) is 3.83. The minimum absolute atomic E-state index is 0.252. The predicted molar refractivity (Wildman–Crippen MR) is 141 cm³/mol. The van der Waals surface area contributed by atoms with E-state index in [0.29, 0.717) is 26.2 Å². The summed E-state index contributed by atoms with van der Waals surface area (Å²) in [6.45, 7) is 8.81. The van der Waals surface area contributed by atoms with Gasteiger partial charge in [-0.3, -0.25) is 4.79 Å². The number of carbonyl (C=O) groups is 1. The van der Waals surface area contributed by atoms with Gasteiger partial charge in [-0.15, -0.1) is 0 Å². The van der Waals surface area contributed by atoms with Gasteiger partial charge >= 0.3 is 0 Å². The van der Waals surface area contributed by atoms with Crippen molar-refractivity contribution in [1.82, 2.24) is 29.4 Å². The highest BCUT2D eigenvalue weighted by Gasteiger charge is 2.24. The number of anilines is 1. The van der Waals surface area contributed by atoms with Crippen LogP contribution in [0, 0.1) is 13.8 Å². The molecule has 35 heavy (non-hydrogen) atoms. The maximum Gasteiger partial charge on any atom is 0.236 e. The van der Waals surface area contributed by atoms with Crippen molar-refractivity contribution in [2.75, 3.05) is 51.7 Å². The number of H-pyrrole nitrogens is 1. The van der Waals surface area contributed by atoms with Gasteiger partial charge in [0.05, 0.1) is 31.5 Å². The molecule has 1 saturated heterocycles. The highest BCUT2D eigenvalue weighted by Crippen LogP contribution is 2.38. The molecule has 5 rings (SSSR count). The summed E-state index contributed by atoms with van der Waals surface area (Å²) in [6, 6.07) is 6.15. The smallest absolute Gasteiger partial charge is 0.236 e. The van der Waals surface area contributed by atoms with Crippen LogP contribution in [0.15, 0.2) is 30.6 Å². The fraction of sp³-hybridized carbons (Fsp3) is 0.444. The van der Waals surface area contributed by atoms with Crippen molar-refractivity contribution in [3.05, 3.63) is 47.3 Å². The van der Waals surface area contributed by atoms with Gasteiger partial charge in [-0.1, -0.05) is 13.8 Å². The minimum atomic E-state index is -2.01. The second kappa shape index (κ2) is 9.00. The van der Waals surface area contributed by atoms with E-state index in [0.717, 1.165) is 33.6 Å². The number of rotatable bonds is 5. The molecule has 0 saturated carbocycles. The van der Waals surface area contributed by atoms with Gasteiger partial charge < -0.3 is 19.7 Å². The normalized spacial score (nSPS) is 16.0. The number of likely N-dealkylation sites (N-methyl/N-ethyl adjacent to an activating group) is 1. The van der Waals surface area contributed by atoms with Gasteiger partial charge in [-0.2, -0.15) is 5.10 Å². The van der Waals surface area contributed by atoms with Crippen molar-refractivity contribution in [2.24, 2.45) is 0 Å². The summed E-state index contributed by atoms with van der Waals surface area (Å²) in [5, 5.41) is 4.48. The van der Waals surface area contributed by atoms with E-state index in [-0.39, 0.29) is 5.92 Å². The van der Waals surface area contributed by atoms with E-state index in [1.165, 1.54) is 21.6 Å². The van der Waals surface area contributed by atoms with E-state index in [9.17, 15) is 4.79 Å². The van der Waals surface area contributed by atoms with E-state index >= 15 is 0 Å². The van der Waals surface area contributed by atoms with E-state index in [2.05, 4.69) is 54.9 Å². The number of aromatic amines is 1. The van der Waals surface area contributed by atoms with E-state index in [1.54, 1.807) is 19.0 Å². The standard InChI is InChI=1S/C27H35N7O/c1-17(2)25-26(20-15-34-22(9-10-28-34)19(4)18(20)3)29-21-7-8-23(30-27(21)25)32-11-13-33(14-12-32)24(35)16-31(5)6/h7-10,15,17,29H,11-14,16H2,1-6H3/i16D2. The van der Waals surface area contributed by atoms with Crippen LogP contribution in [0.2, 0.25) is 0 Å². The summed E-state index contributed by atoms with van der Waals surface area (Å²) in [6.07, 6.45) is 3.92. The fourth-order valence-electron chi connectivity index (χ4n) is 5.01. The Balaban J connectivity index is 1.48. The van der Waals surface area contributed by atoms with Crippen LogP contribution < -0.4 is 4.90 Å². The summed E-state index contributed by atoms with van der Waals surface area (Å²) >= 11 is 0. The van der Waals surface area contributed by atoms with E-state index < -0.39 is 12.4 Å². The van der Waals surface area contributed by atoms with Crippen molar-refractivity contribution in [3.8, 4) is 11.3 Å².